The molecule has 0 saturated carbocycles. The van der Waals surface area contributed by atoms with Crippen molar-refractivity contribution in [2.24, 2.45) is 0 Å². The van der Waals surface area contributed by atoms with Gasteiger partial charge in [0.15, 0.2) is 11.5 Å². The van der Waals surface area contributed by atoms with E-state index in [2.05, 4.69) is 25.3 Å². The number of hydrogen-bond acceptors (Lipinski definition) is 8. The van der Waals surface area contributed by atoms with E-state index >= 15 is 0 Å². The Hall–Kier alpha value is -3.02. The summed E-state index contributed by atoms with van der Waals surface area (Å²) < 4.78 is 31.5. The van der Waals surface area contributed by atoms with Crippen molar-refractivity contribution in [2.45, 2.75) is 31.9 Å². The van der Waals surface area contributed by atoms with Crippen LogP contribution in [0.2, 0.25) is 5.02 Å². The van der Waals surface area contributed by atoms with Gasteiger partial charge in [-0.3, -0.25) is 0 Å². The Morgan fingerprint density at radius 3 is 2.79 bits per heavy atom. The van der Waals surface area contributed by atoms with Crippen LogP contribution in [-0.4, -0.2) is 63.1 Å². The highest BCUT2D eigenvalue weighted by atomic mass is 35.5. The number of fused-ring (bicyclic) bond motifs is 2. The van der Waals surface area contributed by atoms with Crippen molar-refractivity contribution in [1.29, 1.82) is 0 Å². The molecule has 1 aliphatic rings. The number of piperidine rings is 1. The largest absolute Gasteiger partial charge is 0.474 e. The molecule has 0 amide bonds. The molecule has 10 nitrogen and oxygen atoms in total. The third-order valence-corrected chi connectivity index (χ3v) is 7.58. The minimum atomic E-state index is -3.21. The average Bonchev–Trinajstić information content (AvgIpc) is 3.29. The van der Waals surface area contributed by atoms with Gasteiger partial charge in [-0.05, 0) is 37.3 Å². The minimum absolute atomic E-state index is 0.157. The lowest BCUT2D eigenvalue weighted by Crippen LogP contribution is -2.41. The van der Waals surface area contributed by atoms with E-state index in [1.54, 1.807) is 6.33 Å². The van der Waals surface area contributed by atoms with Crippen molar-refractivity contribution in [3.63, 3.8) is 0 Å². The average molecular weight is 502 g/mol. The zero-order valence-electron chi connectivity index (χ0n) is 18.7. The maximum atomic E-state index is 11.8. The third kappa shape index (κ3) is 4.50. The van der Waals surface area contributed by atoms with Gasteiger partial charge < -0.3 is 15.0 Å². The summed E-state index contributed by atoms with van der Waals surface area (Å²) in [6, 6.07) is 7.43. The lowest BCUT2D eigenvalue weighted by molar-refractivity contribution is 0.132. The molecule has 0 bridgehead atoms. The van der Waals surface area contributed by atoms with E-state index in [0.717, 1.165) is 16.5 Å². The number of anilines is 1. The van der Waals surface area contributed by atoms with Crippen molar-refractivity contribution in [3.8, 4) is 5.88 Å². The Morgan fingerprint density at radius 2 is 2.03 bits per heavy atom. The Labute approximate surface area is 201 Å². The summed E-state index contributed by atoms with van der Waals surface area (Å²) in [5.74, 6) is 1.07. The molecule has 4 aromatic rings. The van der Waals surface area contributed by atoms with Gasteiger partial charge in [-0.25, -0.2) is 32.7 Å². The number of nitrogens with zero attached hydrogens (tertiary/aromatic N) is 5. The van der Waals surface area contributed by atoms with Crippen LogP contribution in [0.5, 0.6) is 5.88 Å². The van der Waals surface area contributed by atoms with E-state index < -0.39 is 10.0 Å². The van der Waals surface area contributed by atoms with E-state index in [9.17, 15) is 8.42 Å². The first-order valence-electron chi connectivity index (χ1n) is 10.9. The number of nitrogens with one attached hydrogen (secondary N) is 2. The molecule has 0 spiro atoms. The van der Waals surface area contributed by atoms with E-state index in [1.807, 2.05) is 31.2 Å². The maximum absolute atomic E-state index is 11.8. The number of halogens is 1. The molecule has 5 rings (SSSR count). The van der Waals surface area contributed by atoms with Gasteiger partial charge in [-0.2, -0.15) is 0 Å². The number of benzene rings is 1. The highest BCUT2D eigenvalue weighted by Gasteiger charge is 2.27. The summed E-state index contributed by atoms with van der Waals surface area (Å²) in [5.41, 5.74) is 2.05. The van der Waals surface area contributed by atoms with Crippen LogP contribution in [0.25, 0.3) is 21.9 Å². The van der Waals surface area contributed by atoms with Gasteiger partial charge >= 0.3 is 0 Å². The summed E-state index contributed by atoms with van der Waals surface area (Å²) >= 11 is 6.53. The van der Waals surface area contributed by atoms with Gasteiger partial charge in [0.1, 0.15) is 17.9 Å². The SMILES string of the molecule is C[C@H](Nc1ncnc2nc[nH]c12)c1cc2cccc(Cl)c2c(OC2CCN(S(C)(=O)=O)CC2)n1. The second-order valence-corrected chi connectivity index (χ2v) is 10.7. The molecule has 2 N–H and O–H groups in total. The summed E-state index contributed by atoms with van der Waals surface area (Å²) in [7, 11) is -3.21. The van der Waals surface area contributed by atoms with Gasteiger partial charge in [-0.1, -0.05) is 23.7 Å². The second kappa shape index (κ2) is 8.97. The fourth-order valence-electron chi connectivity index (χ4n) is 4.15. The number of aromatic amines is 1. The van der Waals surface area contributed by atoms with Crippen molar-refractivity contribution in [3.05, 3.63) is 47.6 Å². The molecule has 1 atom stereocenters. The summed E-state index contributed by atoms with van der Waals surface area (Å²) in [5, 5.41) is 5.57. The third-order valence-electron chi connectivity index (χ3n) is 5.96. The molecule has 34 heavy (non-hydrogen) atoms. The van der Waals surface area contributed by atoms with Crippen LogP contribution in [0.1, 0.15) is 31.5 Å². The van der Waals surface area contributed by atoms with Crippen LogP contribution in [0, 0.1) is 0 Å². The summed E-state index contributed by atoms with van der Waals surface area (Å²) in [4.78, 5) is 20.5. The number of H-pyrrole nitrogens is 1. The first kappa shape index (κ1) is 22.8. The molecule has 1 fully saturated rings. The molecule has 0 aliphatic carbocycles. The van der Waals surface area contributed by atoms with Gasteiger partial charge in [0.25, 0.3) is 0 Å². The molecule has 0 radical (unpaired) electrons. The molecular formula is C22H24ClN7O3S. The van der Waals surface area contributed by atoms with Crippen molar-refractivity contribution < 1.29 is 13.2 Å². The predicted octanol–water partition coefficient (Wildman–Crippen LogP) is 3.53. The van der Waals surface area contributed by atoms with Crippen LogP contribution in [-0.2, 0) is 10.0 Å². The number of aromatic nitrogens is 5. The van der Waals surface area contributed by atoms with Crippen LogP contribution in [0.4, 0.5) is 5.82 Å². The van der Waals surface area contributed by atoms with Gasteiger partial charge in [0.2, 0.25) is 15.9 Å². The smallest absolute Gasteiger partial charge is 0.223 e. The fourth-order valence-corrected chi connectivity index (χ4v) is 5.29. The maximum Gasteiger partial charge on any atom is 0.223 e. The lowest BCUT2D eigenvalue weighted by Gasteiger charge is -2.30. The minimum Gasteiger partial charge on any atom is -0.474 e. The Bertz CT molecular complexity index is 1450. The fraction of sp³-hybridized carbons (Fsp3) is 0.364. The number of hydrogen-bond donors (Lipinski definition) is 2. The van der Waals surface area contributed by atoms with Crippen molar-refractivity contribution in [1.82, 2.24) is 29.2 Å². The van der Waals surface area contributed by atoms with Crippen LogP contribution >= 0.6 is 11.6 Å². The molecule has 178 valence electrons. The number of ether oxygens (including phenoxy) is 1. The molecular weight excluding hydrogens is 478 g/mol. The molecule has 1 aromatic carbocycles. The predicted molar refractivity (Wildman–Crippen MR) is 131 cm³/mol. The van der Waals surface area contributed by atoms with Gasteiger partial charge in [-0.15, -0.1) is 0 Å². The van der Waals surface area contributed by atoms with E-state index in [-0.39, 0.29) is 12.1 Å². The van der Waals surface area contributed by atoms with E-state index in [1.165, 1.54) is 16.9 Å². The standard InChI is InChI=1S/C22H24ClN7O3S/c1-13(28-21-19-20(25-11-24-19)26-12-27-21)17-10-14-4-3-5-16(23)18(14)22(29-17)33-15-6-8-30(9-7-15)34(2,31)32/h3-5,10-13,15H,6-9H2,1-2H3,(H2,24,25,26,27,28)/t13-/m0/s1. The number of rotatable bonds is 6. The normalized spacial score (nSPS) is 16.7. The zero-order chi connectivity index (χ0) is 23.9. The first-order valence-corrected chi connectivity index (χ1v) is 13.1. The second-order valence-electron chi connectivity index (χ2n) is 8.36. The Kier molecular flexibility index (Phi) is 6.00. The lowest BCUT2D eigenvalue weighted by atomic mass is 10.1. The summed E-state index contributed by atoms with van der Waals surface area (Å²) in [6.45, 7) is 2.82. The van der Waals surface area contributed by atoms with Crippen LogP contribution in [0.15, 0.2) is 36.9 Å². The molecule has 12 heteroatoms. The Morgan fingerprint density at radius 1 is 1.24 bits per heavy atom. The highest BCUT2D eigenvalue weighted by Crippen LogP contribution is 2.35. The first-order chi connectivity index (χ1) is 16.3. The number of sulfonamides is 1. The van der Waals surface area contributed by atoms with Crippen LogP contribution < -0.4 is 10.1 Å². The molecule has 1 saturated heterocycles. The van der Waals surface area contributed by atoms with Crippen molar-refractivity contribution >= 4 is 49.4 Å². The van der Waals surface area contributed by atoms with E-state index in [0.29, 0.717) is 53.8 Å². The highest BCUT2D eigenvalue weighted by molar-refractivity contribution is 7.88. The quantitative estimate of drug-likeness (QED) is 0.411. The van der Waals surface area contributed by atoms with Crippen LogP contribution in [0.3, 0.4) is 0 Å². The number of imidazole rings is 1. The van der Waals surface area contributed by atoms with Gasteiger partial charge in [0.05, 0.1) is 34.7 Å². The molecule has 4 heterocycles. The molecule has 0 unspecified atom stereocenters. The van der Waals surface area contributed by atoms with E-state index in [4.69, 9.17) is 21.3 Å². The monoisotopic (exact) mass is 501 g/mol. The topological polar surface area (TPSA) is 126 Å². The van der Waals surface area contributed by atoms with Gasteiger partial charge in [0, 0.05) is 13.1 Å². The summed E-state index contributed by atoms with van der Waals surface area (Å²) in [6.07, 6.45) is 5.27. The Balaban J connectivity index is 1.44. The number of pyridine rings is 1. The zero-order valence-corrected chi connectivity index (χ0v) is 20.3. The van der Waals surface area contributed by atoms with Crippen molar-refractivity contribution in [2.75, 3.05) is 24.7 Å². The molecule has 3 aromatic heterocycles. The molecule has 1 aliphatic heterocycles.